The molecule has 0 saturated carbocycles. The smallest absolute Gasteiger partial charge is 0.0132 e. The van der Waals surface area contributed by atoms with Crippen molar-refractivity contribution in [3.05, 3.63) is 41.5 Å². The van der Waals surface area contributed by atoms with E-state index in [1.807, 2.05) is 0 Å². The summed E-state index contributed by atoms with van der Waals surface area (Å²) in [6, 6.07) is 8.86. The standard InChI is InChI=1S/C15H22/c1-5-6-7-8-13-9-11-14(12-10-13)15(2,3)4/h7-12H,5-6H2,1-4H3/b8-7+. The first-order chi connectivity index (χ1) is 7.04. The van der Waals surface area contributed by atoms with Crippen molar-refractivity contribution >= 4 is 6.08 Å². The highest BCUT2D eigenvalue weighted by Gasteiger charge is 2.12. The number of hydrogen-bond acceptors (Lipinski definition) is 0. The molecule has 0 unspecified atom stereocenters. The summed E-state index contributed by atoms with van der Waals surface area (Å²) in [5, 5.41) is 0. The van der Waals surface area contributed by atoms with E-state index >= 15 is 0 Å². The third-order valence-electron chi connectivity index (χ3n) is 2.54. The molecule has 0 saturated heterocycles. The van der Waals surface area contributed by atoms with Crippen molar-refractivity contribution in [3.8, 4) is 0 Å². The zero-order valence-electron chi connectivity index (χ0n) is 10.4. The van der Waals surface area contributed by atoms with Crippen LogP contribution in [0.2, 0.25) is 0 Å². The lowest BCUT2D eigenvalue weighted by Crippen LogP contribution is -2.10. The second-order valence-electron chi connectivity index (χ2n) is 5.06. The fourth-order valence-electron chi connectivity index (χ4n) is 1.48. The fraction of sp³-hybridized carbons (Fsp3) is 0.467. The molecular formula is C15H22. The molecule has 0 aliphatic heterocycles. The Morgan fingerprint density at radius 1 is 1.07 bits per heavy atom. The lowest BCUT2D eigenvalue weighted by molar-refractivity contribution is 0.590. The Kier molecular flexibility index (Phi) is 4.14. The van der Waals surface area contributed by atoms with Gasteiger partial charge in [-0.3, -0.25) is 0 Å². The Labute approximate surface area is 94.0 Å². The number of unbranched alkanes of at least 4 members (excludes halogenated alkanes) is 1. The van der Waals surface area contributed by atoms with E-state index in [4.69, 9.17) is 0 Å². The van der Waals surface area contributed by atoms with Gasteiger partial charge in [0, 0.05) is 0 Å². The molecule has 0 bridgehead atoms. The van der Waals surface area contributed by atoms with Gasteiger partial charge < -0.3 is 0 Å². The molecule has 0 heteroatoms. The number of hydrogen-bond donors (Lipinski definition) is 0. The van der Waals surface area contributed by atoms with Crippen LogP contribution < -0.4 is 0 Å². The predicted octanol–water partition coefficient (Wildman–Crippen LogP) is 4.80. The monoisotopic (exact) mass is 202 g/mol. The van der Waals surface area contributed by atoms with Crippen molar-refractivity contribution in [2.45, 2.75) is 46.0 Å². The topological polar surface area (TPSA) is 0 Å². The van der Waals surface area contributed by atoms with Gasteiger partial charge in [0.25, 0.3) is 0 Å². The van der Waals surface area contributed by atoms with E-state index in [-0.39, 0.29) is 5.41 Å². The average Bonchev–Trinajstić information content (AvgIpc) is 2.18. The molecule has 0 aliphatic carbocycles. The van der Waals surface area contributed by atoms with Crippen LogP contribution >= 0.6 is 0 Å². The van der Waals surface area contributed by atoms with Gasteiger partial charge >= 0.3 is 0 Å². The van der Waals surface area contributed by atoms with Gasteiger partial charge in [-0.2, -0.15) is 0 Å². The van der Waals surface area contributed by atoms with E-state index in [1.165, 1.54) is 24.0 Å². The first-order valence-electron chi connectivity index (χ1n) is 5.81. The van der Waals surface area contributed by atoms with Crippen molar-refractivity contribution < 1.29 is 0 Å². The van der Waals surface area contributed by atoms with Crippen molar-refractivity contribution in [2.24, 2.45) is 0 Å². The first-order valence-corrected chi connectivity index (χ1v) is 5.81. The number of allylic oxidation sites excluding steroid dienone is 1. The van der Waals surface area contributed by atoms with Crippen molar-refractivity contribution in [3.63, 3.8) is 0 Å². The number of benzene rings is 1. The Morgan fingerprint density at radius 3 is 2.13 bits per heavy atom. The molecule has 0 amide bonds. The zero-order valence-corrected chi connectivity index (χ0v) is 10.4. The molecule has 0 N–H and O–H groups in total. The maximum absolute atomic E-state index is 2.24. The van der Waals surface area contributed by atoms with Crippen LogP contribution in [0, 0.1) is 0 Å². The van der Waals surface area contributed by atoms with Gasteiger partial charge in [-0.05, 0) is 23.0 Å². The zero-order chi connectivity index (χ0) is 11.3. The molecule has 0 fully saturated rings. The molecule has 0 aromatic heterocycles. The van der Waals surface area contributed by atoms with Gasteiger partial charge in [-0.15, -0.1) is 0 Å². The molecule has 82 valence electrons. The summed E-state index contributed by atoms with van der Waals surface area (Å²) >= 11 is 0. The first kappa shape index (κ1) is 12.0. The largest absolute Gasteiger partial charge is 0.0840 e. The lowest BCUT2D eigenvalue weighted by Gasteiger charge is -2.18. The van der Waals surface area contributed by atoms with Gasteiger partial charge in [-0.25, -0.2) is 0 Å². The molecule has 0 nitrogen and oxygen atoms in total. The van der Waals surface area contributed by atoms with Crippen LogP contribution in [0.3, 0.4) is 0 Å². The molecule has 1 rings (SSSR count). The average molecular weight is 202 g/mol. The Morgan fingerprint density at radius 2 is 1.67 bits per heavy atom. The molecule has 0 radical (unpaired) electrons. The molecule has 0 aliphatic rings. The van der Waals surface area contributed by atoms with Crippen LogP contribution in [0.1, 0.15) is 51.7 Å². The van der Waals surface area contributed by atoms with Crippen molar-refractivity contribution in [2.75, 3.05) is 0 Å². The maximum atomic E-state index is 2.24. The molecule has 0 heterocycles. The summed E-state index contributed by atoms with van der Waals surface area (Å²) in [6.07, 6.45) is 6.83. The van der Waals surface area contributed by atoms with Gasteiger partial charge in [0.2, 0.25) is 0 Å². The summed E-state index contributed by atoms with van der Waals surface area (Å²) in [5.74, 6) is 0. The van der Waals surface area contributed by atoms with E-state index in [0.717, 1.165) is 0 Å². The van der Waals surface area contributed by atoms with E-state index in [1.54, 1.807) is 0 Å². The molecule has 0 atom stereocenters. The minimum absolute atomic E-state index is 0.256. The van der Waals surface area contributed by atoms with Crippen LogP contribution in [0.15, 0.2) is 30.3 Å². The number of rotatable bonds is 3. The fourth-order valence-corrected chi connectivity index (χ4v) is 1.48. The molecule has 1 aromatic carbocycles. The molecular weight excluding hydrogens is 180 g/mol. The van der Waals surface area contributed by atoms with Crippen LogP contribution in [-0.2, 0) is 5.41 Å². The summed E-state index contributed by atoms with van der Waals surface area (Å²) in [5.41, 5.74) is 2.96. The van der Waals surface area contributed by atoms with Gasteiger partial charge in [0.15, 0.2) is 0 Å². The summed E-state index contributed by atoms with van der Waals surface area (Å²) in [4.78, 5) is 0. The van der Waals surface area contributed by atoms with Crippen LogP contribution in [-0.4, -0.2) is 0 Å². The maximum Gasteiger partial charge on any atom is -0.0132 e. The highest BCUT2D eigenvalue weighted by Crippen LogP contribution is 2.22. The SMILES string of the molecule is CCC/C=C/c1ccc(C(C)(C)C)cc1. The summed E-state index contributed by atoms with van der Waals surface area (Å²) < 4.78 is 0. The van der Waals surface area contributed by atoms with E-state index in [0.29, 0.717) is 0 Å². The molecule has 15 heavy (non-hydrogen) atoms. The normalized spacial score (nSPS) is 12.3. The van der Waals surface area contributed by atoms with E-state index in [2.05, 4.69) is 64.1 Å². The minimum Gasteiger partial charge on any atom is -0.0840 e. The van der Waals surface area contributed by atoms with Crippen molar-refractivity contribution in [1.82, 2.24) is 0 Å². The Hall–Kier alpha value is -1.04. The van der Waals surface area contributed by atoms with E-state index in [9.17, 15) is 0 Å². The van der Waals surface area contributed by atoms with Crippen LogP contribution in [0.4, 0.5) is 0 Å². The summed E-state index contributed by atoms with van der Waals surface area (Å²) in [7, 11) is 0. The Balaban J connectivity index is 2.73. The quantitative estimate of drug-likeness (QED) is 0.660. The Bertz CT molecular complexity index is 309. The van der Waals surface area contributed by atoms with E-state index < -0.39 is 0 Å². The third kappa shape index (κ3) is 3.91. The molecule has 1 aromatic rings. The van der Waals surface area contributed by atoms with Gasteiger partial charge in [0.05, 0.1) is 0 Å². The third-order valence-corrected chi connectivity index (χ3v) is 2.54. The van der Waals surface area contributed by atoms with Gasteiger partial charge in [-0.1, -0.05) is 70.5 Å². The molecule has 0 spiro atoms. The van der Waals surface area contributed by atoms with Crippen molar-refractivity contribution in [1.29, 1.82) is 0 Å². The second kappa shape index (κ2) is 5.16. The highest BCUT2D eigenvalue weighted by molar-refractivity contribution is 5.50. The minimum atomic E-state index is 0.256. The highest BCUT2D eigenvalue weighted by atomic mass is 14.2. The lowest BCUT2D eigenvalue weighted by atomic mass is 9.87. The van der Waals surface area contributed by atoms with Crippen LogP contribution in [0.25, 0.3) is 6.08 Å². The van der Waals surface area contributed by atoms with Gasteiger partial charge in [0.1, 0.15) is 0 Å². The predicted molar refractivity (Wildman–Crippen MR) is 69.1 cm³/mol. The second-order valence-corrected chi connectivity index (χ2v) is 5.06. The summed E-state index contributed by atoms with van der Waals surface area (Å²) in [6.45, 7) is 8.94. The van der Waals surface area contributed by atoms with Crippen LogP contribution in [0.5, 0.6) is 0 Å².